The fraction of sp³-hybridized carbons (Fsp3) is 0.111. The first kappa shape index (κ1) is 9.75. The number of hydrogen-bond acceptors (Lipinski definition) is 3. The van der Waals surface area contributed by atoms with Crippen LogP contribution in [0.1, 0.15) is 5.56 Å². The molecule has 0 unspecified atom stereocenters. The van der Waals surface area contributed by atoms with Crippen LogP contribution in [0, 0.1) is 11.8 Å². The number of esters is 1. The molecule has 0 amide bonds. The zero-order valence-corrected chi connectivity index (χ0v) is 8.46. The van der Waals surface area contributed by atoms with E-state index in [4.69, 9.17) is 0 Å². The van der Waals surface area contributed by atoms with E-state index in [2.05, 4.69) is 37.5 Å². The number of ether oxygens (including phenoxy) is 1. The third kappa shape index (κ3) is 2.88. The first-order valence-electron chi connectivity index (χ1n) is 3.44. The van der Waals surface area contributed by atoms with E-state index in [0.29, 0.717) is 10.2 Å². The molecule has 0 spiro atoms. The van der Waals surface area contributed by atoms with E-state index in [9.17, 15) is 4.79 Å². The molecule has 0 aliphatic carbocycles. The second-order valence-corrected chi connectivity index (χ2v) is 2.83. The number of methoxy groups -OCH3 is 1. The van der Waals surface area contributed by atoms with E-state index in [1.807, 2.05) is 0 Å². The average molecular weight is 240 g/mol. The second-order valence-electron chi connectivity index (χ2n) is 2.08. The predicted octanol–water partition coefficient (Wildman–Crippen LogP) is 1.37. The Hall–Kier alpha value is -1.34. The molecule has 0 fully saturated rings. The van der Waals surface area contributed by atoms with Crippen molar-refractivity contribution in [1.82, 2.24) is 4.98 Å². The summed E-state index contributed by atoms with van der Waals surface area (Å²) in [6.45, 7) is 0. The number of pyridine rings is 1. The monoisotopic (exact) mass is 239 g/mol. The Balaban J connectivity index is 2.89. The molecule has 1 rings (SSSR count). The summed E-state index contributed by atoms with van der Waals surface area (Å²) in [5, 5.41) is 0. The molecule has 0 saturated heterocycles. The summed E-state index contributed by atoms with van der Waals surface area (Å²) in [6.07, 6.45) is 1.63. The van der Waals surface area contributed by atoms with Crippen LogP contribution in [0.3, 0.4) is 0 Å². The minimum Gasteiger partial charge on any atom is -0.459 e. The van der Waals surface area contributed by atoms with Gasteiger partial charge in [0.05, 0.1) is 12.7 Å². The van der Waals surface area contributed by atoms with Gasteiger partial charge in [-0.2, -0.15) is 0 Å². The number of aromatic nitrogens is 1. The largest absolute Gasteiger partial charge is 0.459 e. The maximum Gasteiger partial charge on any atom is 0.384 e. The van der Waals surface area contributed by atoms with Crippen LogP contribution in [-0.4, -0.2) is 18.1 Å². The van der Waals surface area contributed by atoms with E-state index in [1.54, 1.807) is 18.3 Å². The number of carbonyl (C=O) groups excluding carboxylic acids is 1. The number of hydrogen-bond donors (Lipinski definition) is 0. The molecule has 66 valence electrons. The number of rotatable bonds is 0. The average Bonchev–Trinajstić information content (AvgIpc) is 2.16. The van der Waals surface area contributed by atoms with Gasteiger partial charge in [0, 0.05) is 12.1 Å². The Labute approximate surface area is 84.3 Å². The quantitative estimate of drug-likeness (QED) is 0.390. The van der Waals surface area contributed by atoms with Crippen LogP contribution in [0.4, 0.5) is 0 Å². The summed E-state index contributed by atoms with van der Waals surface area (Å²) in [6, 6.07) is 3.50. The smallest absolute Gasteiger partial charge is 0.384 e. The molecule has 0 aromatic carbocycles. The maximum absolute atomic E-state index is 10.7. The first-order chi connectivity index (χ1) is 6.24. The van der Waals surface area contributed by atoms with Crippen LogP contribution in [0.2, 0.25) is 0 Å². The third-order valence-corrected chi connectivity index (χ3v) is 1.88. The number of nitrogens with zero attached hydrogens (tertiary/aromatic N) is 1. The highest BCUT2D eigenvalue weighted by Crippen LogP contribution is 2.10. The van der Waals surface area contributed by atoms with Crippen molar-refractivity contribution in [3.05, 3.63) is 28.5 Å². The van der Waals surface area contributed by atoms with Crippen LogP contribution in [0.15, 0.2) is 22.9 Å². The van der Waals surface area contributed by atoms with Crippen LogP contribution in [-0.2, 0) is 9.53 Å². The zero-order chi connectivity index (χ0) is 9.68. The van der Waals surface area contributed by atoms with E-state index < -0.39 is 5.97 Å². The van der Waals surface area contributed by atoms with Gasteiger partial charge < -0.3 is 4.74 Å². The van der Waals surface area contributed by atoms with E-state index in [1.165, 1.54) is 7.11 Å². The zero-order valence-electron chi connectivity index (χ0n) is 6.87. The predicted molar refractivity (Wildman–Crippen MR) is 50.8 cm³/mol. The summed E-state index contributed by atoms with van der Waals surface area (Å²) in [5.41, 5.74) is 0.660. The molecule has 0 radical (unpaired) electrons. The Morgan fingerprint density at radius 1 is 1.69 bits per heavy atom. The standard InChI is InChI=1S/C9H6BrNO2/c1-13-8(12)5-4-7-3-2-6-11-9(7)10/h2-3,6H,1H3. The second kappa shape index (κ2) is 4.63. The van der Waals surface area contributed by atoms with E-state index in [-0.39, 0.29) is 0 Å². The number of carbonyl (C=O) groups is 1. The number of halogens is 1. The van der Waals surface area contributed by atoms with Gasteiger partial charge in [-0.1, -0.05) is 5.92 Å². The minimum absolute atomic E-state index is 0.559. The summed E-state index contributed by atoms with van der Waals surface area (Å²) < 4.78 is 4.98. The van der Waals surface area contributed by atoms with Gasteiger partial charge in [-0.3, -0.25) is 0 Å². The minimum atomic E-state index is -0.559. The lowest BCUT2D eigenvalue weighted by Gasteiger charge is -1.91. The molecule has 0 bridgehead atoms. The van der Waals surface area contributed by atoms with E-state index >= 15 is 0 Å². The van der Waals surface area contributed by atoms with Gasteiger partial charge >= 0.3 is 5.97 Å². The van der Waals surface area contributed by atoms with Gasteiger partial charge in [0.25, 0.3) is 0 Å². The summed E-state index contributed by atoms with van der Waals surface area (Å²) in [7, 11) is 1.29. The molecule has 0 aliphatic rings. The van der Waals surface area contributed by atoms with Gasteiger partial charge in [0.15, 0.2) is 0 Å². The molecule has 13 heavy (non-hydrogen) atoms. The van der Waals surface area contributed by atoms with Gasteiger partial charge in [-0.15, -0.1) is 0 Å². The molecule has 1 heterocycles. The molecular weight excluding hydrogens is 234 g/mol. The normalized spacial score (nSPS) is 8.46. The maximum atomic E-state index is 10.7. The van der Waals surface area contributed by atoms with Crippen molar-refractivity contribution in [2.45, 2.75) is 0 Å². The molecule has 4 heteroatoms. The highest BCUT2D eigenvalue weighted by molar-refractivity contribution is 9.10. The highest BCUT2D eigenvalue weighted by atomic mass is 79.9. The lowest BCUT2D eigenvalue weighted by molar-refractivity contribution is -0.133. The van der Waals surface area contributed by atoms with Gasteiger partial charge in [0.2, 0.25) is 0 Å². The van der Waals surface area contributed by atoms with Crippen molar-refractivity contribution in [3.8, 4) is 11.8 Å². The Bertz CT molecular complexity index is 379. The Morgan fingerprint density at radius 2 is 2.46 bits per heavy atom. The lowest BCUT2D eigenvalue weighted by atomic mass is 10.3. The molecule has 3 nitrogen and oxygen atoms in total. The third-order valence-electron chi connectivity index (χ3n) is 1.24. The highest BCUT2D eigenvalue weighted by Gasteiger charge is 1.95. The van der Waals surface area contributed by atoms with Crippen molar-refractivity contribution in [2.24, 2.45) is 0 Å². The van der Waals surface area contributed by atoms with Crippen molar-refractivity contribution >= 4 is 21.9 Å². The first-order valence-corrected chi connectivity index (χ1v) is 4.24. The molecule has 0 saturated carbocycles. The molecule has 0 N–H and O–H groups in total. The fourth-order valence-electron chi connectivity index (χ4n) is 0.649. The van der Waals surface area contributed by atoms with Crippen LogP contribution >= 0.6 is 15.9 Å². The van der Waals surface area contributed by atoms with E-state index in [0.717, 1.165) is 0 Å². The Kier molecular flexibility index (Phi) is 3.47. The lowest BCUT2D eigenvalue weighted by Crippen LogP contribution is -1.94. The fourth-order valence-corrected chi connectivity index (χ4v) is 0.998. The molecule has 1 aromatic heterocycles. The molecule has 0 atom stereocenters. The van der Waals surface area contributed by atoms with Crippen LogP contribution < -0.4 is 0 Å². The topological polar surface area (TPSA) is 39.2 Å². The summed E-state index contributed by atoms with van der Waals surface area (Å²) in [4.78, 5) is 14.6. The van der Waals surface area contributed by atoms with Crippen molar-refractivity contribution < 1.29 is 9.53 Å². The van der Waals surface area contributed by atoms with Gasteiger partial charge in [-0.25, -0.2) is 9.78 Å². The van der Waals surface area contributed by atoms with Crippen LogP contribution in [0.5, 0.6) is 0 Å². The SMILES string of the molecule is COC(=O)C#Cc1cccnc1Br. The van der Waals surface area contributed by atoms with Gasteiger partial charge in [0.1, 0.15) is 4.60 Å². The summed E-state index contributed by atoms with van der Waals surface area (Å²) >= 11 is 3.20. The van der Waals surface area contributed by atoms with Crippen molar-refractivity contribution in [3.63, 3.8) is 0 Å². The molecular formula is C9H6BrNO2. The van der Waals surface area contributed by atoms with Crippen molar-refractivity contribution in [2.75, 3.05) is 7.11 Å². The molecule has 0 aliphatic heterocycles. The van der Waals surface area contributed by atoms with Crippen molar-refractivity contribution in [1.29, 1.82) is 0 Å². The summed E-state index contributed by atoms with van der Waals surface area (Å²) in [5.74, 6) is 4.38. The van der Waals surface area contributed by atoms with Crippen LogP contribution in [0.25, 0.3) is 0 Å². The molecule has 1 aromatic rings. The van der Waals surface area contributed by atoms with Gasteiger partial charge in [-0.05, 0) is 28.1 Å². The Morgan fingerprint density at radius 3 is 3.08 bits per heavy atom.